The van der Waals surface area contributed by atoms with Crippen molar-refractivity contribution >= 4 is 15.9 Å². The summed E-state index contributed by atoms with van der Waals surface area (Å²) in [6.07, 6.45) is 1.64. The van der Waals surface area contributed by atoms with Crippen LogP contribution < -0.4 is 4.74 Å². The maximum Gasteiger partial charge on any atom is 0.222 e. The minimum atomic E-state index is -0.167. The standard InChI is InChI=1S/C15H18BrN3O2/c1-15(2,3)14-18-10(9-20-4)7-13(19-14)21-11-5-6-12(16)17-8-11/h5-8H,9H2,1-4H3. The van der Waals surface area contributed by atoms with Crippen LogP contribution in [0.3, 0.4) is 0 Å². The zero-order chi connectivity index (χ0) is 15.5. The summed E-state index contributed by atoms with van der Waals surface area (Å²) in [6.45, 7) is 6.60. The Balaban J connectivity index is 2.33. The van der Waals surface area contributed by atoms with Crippen molar-refractivity contribution in [3.63, 3.8) is 0 Å². The maximum absolute atomic E-state index is 5.77. The van der Waals surface area contributed by atoms with Crippen molar-refractivity contribution in [3.8, 4) is 11.6 Å². The molecule has 2 rings (SSSR count). The average molecular weight is 352 g/mol. The second-order valence-corrected chi connectivity index (χ2v) is 6.44. The Hall–Kier alpha value is -1.53. The lowest BCUT2D eigenvalue weighted by atomic mass is 9.95. The lowest BCUT2D eigenvalue weighted by molar-refractivity contribution is 0.180. The molecule has 0 unspecified atom stereocenters. The number of aromatic nitrogens is 3. The van der Waals surface area contributed by atoms with Gasteiger partial charge in [0.05, 0.1) is 18.5 Å². The molecular formula is C15H18BrN3O2. The van der Waals surface area contributed by atoms with Crippen LogP contribution in [0.1, 0.15) is 32.3 Å². The molecule has 2 aromatic heterocycles. The number of ether oxygens (including phenoxy) is 2. The van der Waals surface area contributed by atoms with E-state index in [0.29, 0.717) is 18.2 Å². The van der Waals surface area contributed by atoms with Crippen molar-refractivity contribution in [1.82, 2.24) is 15.0 Å². The van der Waals surface area contributed by atoms with E-state index in [1.54, 1.807) is 19.4 Å². The predicted molar refractivity (Wildman–Crippen MR) is 83.5 cm³/mol. The van der Waals surface area contributed by atoms with Crippen LogP contribution in [0.4, 0.5) is 0 Å². The van der Waals surface area contributed by atoms with Gasteiger partial charge in [0.15, 0.2) is 0 Å². The number of hydrogen-bond donors (Lipinski definition) is 0. The van der Waals surface area contributed by atoms with E-state index in [2.05, 4.69) is 51.7 Å². The van der Waals surface area contributed by atoms with E-state index >= 15 is 0 Å². The van der Waals surface area contributed by atoms with Crippen molar-refractivity contribution in [2.75, 3.05) is 7.11 Å². The highest BCUT2D eigenvalue weighted by Crippen LogP contribution is 2.25. The number of pyridine rings is 1. The molecule has 0 atom stereocenters. The Bertz CT molecular complexity index is 609. The first kappa shape index (κ1) is 15.9. The predicted octanol–water partition coefficient (Wildman–Crippen LogP) is 3.87. The molecule has 0 aliphatic heterocycles. The van der Waals surface area contributed by atoms with Crippen LogP contribution in [0.5, 0.6) is 11.6 Å². The number of halogens is 1. The Labute approximate surface area is 132 Å². The summed E-state index contributed by atoms with van der Waals surface area (Å²) < 4.78 is 11.7. The summed E-state index contributed by atoms with van der Waals surface area (Å²) in [5, 5.41) is 0. The van der Waals surface area contributed by atoms with Crippen molar-refractivity contribution in [2.24, 2.45) is 0 Å². The van der Waals surface area contributed by atoms with Gasteiger partial charge in [0.2, 0.25) is 5.88 Å². The highest BCUT2D eigenvalue weighted by Gasteiger charge is 2.19. The van der Waals surface area contributed by atoms with E-state index in [4.69, 9.17) is 9.47 Å². The molecule has 0 N–H and O–H groups in total. The molecule has 5 nitrogen and oxygen atoms in total. The van der Waals surface area contributed by atoms with Gasteiger partial charge in [0.1, 0.15) is 16.2 Å². The molecule has 0 radical (unpaired) electrons. The summed E-state index contributed by atoms with van der Waals surface area (Å²) in [5.41, 5.74) is 0.623. The maximum atomic E-state index is 5.77. The monoisotopic (exact) mass is 351 g/mol. The first-order chi connectivity index (χ1) is 9.88. The van der Waals surface area contributed by atoms with Gasteiger partial charge in [0, 0.05) is 18.6 Å². The summed E-state index contributed by atoms with van der Waals surface area (Å²) >= 11 is 3.29. The number of rotatable bonds is 4. The van der Waals surface area contributed by atoms with Crippen LogP contribution in [-0.4, -0.2) is 22.1 Å². The number of hydrogen-bond acceptors (Lipinski definition) is 5. The molecular weight excluding hydrogens is 334 g/mol. The Kier molecular flexibility index (Phi) is 4.90. The quantitative estimate of drug-likeness (QED) is 0.782. The summed E-state index contributed by atoms with van der Waals surface area (Å²) in [7, 11) is 1.64. The lowest BCUT2D eigenvalue weighted by Gasteiger charge is -2.18. The van der Waals surface area contributed by atoms with Crippen LogP contribution in [0.2, 0.25) is 0 Å². The molecule has 0 aromatic carbocycles. The number of methoxy groups -OCH3 is 1. The second-order valence-electron chi connectivity index (χ2n) is 5.62. The number of nitrogens with zero attached hydrogens (tertiary/aromatic N) is 3. The molecule has 2 aromatic rings. The Morgan fingerprint density at radius 2 is 1.95 bits per heavy atom. The summed E-state index contributed by atoms with van der Waals surface area (Å²) in [6, 6.07) is 5.42. The minimum absolute atomic E-state index is 0.167. The van der Waals surface area contributed by atoms with Gasteiger partial charge < -0.3 is 9.47 Å². The normalized spacial score (nSPS) is 11.5. The SMILES string of the molecule is COCc1cc(Oc2ccc(Br)nc2)nc(C(C)(C)C)n1. The first-order valence-electron chi connectivity index (χ1n) is 6.55. The van der Waals surface area contributed by atoms with Gasteiger partial charge in [-0.3, -0.25) is 0 Å². The fraction of sp³-hybridized carbons (Fsp3) is 0.400. The molecule has 0 saturated heterocycles. The Morgan fingerprint density at radius 1 is 1.19 bits per heavy atom. The molecule has 112 valence electrons. The van der Waals surface area contributed by atoms with E-state index in [1.165, 1.54) is 0 Å². The van der Waals surface area contributed by atoms with E-state index in [-0.39, 0.29) is 5.41 Å². The van der Waals surface area contributed by atoms with Gasteiger partial charge in [-0.05, 0) is 28.1 Å². The van der Waals surface area contributed by atoms with E-state index in [9.17, 15) is 0 Å². The zero-order valence-electron chi connectivity index (χ0n) is 12.6. The van der Waals surface area contributed by atoms with Crippen molar-refractivity contribution in [2.45, 2.75) is 32.8 Å². The third-order valence-electron chi connectivity index (χ3n) is 2.64. The lowest BCUT2D eigenvalue weighted by Crippen LogP contribution is -2.17. The molecule has 0 aliphatic carbocycles. The summed E-state index contributed by atoms with van der Waals surface area (Å²) in [4.78, 5) is 13.1. The first-order valence-corrected chi connectivity index (χ1v) is 7.34. The van der Waals surface area contributed by atoms with Gasteiger partial charge in [-0.2, -0.15) is 4.98 Å². The fourth-order valence-electron chi connectivity index (χ4n) is 1.63. The van der Waals surface area contributed by atoms with E-state index < -0.39 is 0 Å². The highest BCUT2D eigenvalue weighted by molar-refractivity contribution is 9.10. The second kappa shape index (κ2) is 6.49. The van der Waals surface area contributed by atoms with Gasteiger partial charge in [-0.15, -0.1) is 0 Å². The topological polar surface area (TPSA) is 57.1 Å². The van der Waals surface area contributed by atoms with E-state index in [0.717, 1.165) is 16.1 Å². The largest absolute Gasteiger partial charge is 0.437 e. The van der Waals surface area contributed by atoms with Crippen LogP contribution in [-0.2, 0) is 16.8 Å². The molecule has 0 saturated carbocycles. The molecule has 0 amide bonds. The molecule has 0 fully saturated rings. The zero-order valence-corrected chi connectivity index (χ0v) is 14.1. The fourth-order valence-corrected chi connectivity index (χ4v) is 1.86. The van der Waals surface area contributed by atoms with Crippen LogP contribution in [0.25, 0.3) is 0 Å². The highest BCUT2D eigenvalue weighted by atomic mass is 79.9. The molecule has 0 aliphatic rings. The molecule has 21 heavy (non-hydrogen) atoms. The summed E-state index contributed by atoms with van der Waals surface area (Å²) in [5.74, 6) is 1.84. The Morgan fingerprint density at radius 3 is 2.52 bits per heavy atom. The van der Waals surface area contributed by atoms with Gasteiger partial charge in [0.25, 0.3) is 0 Å². The average Bonchev–Trinajstić information content (AvgIpc) is 2.41. The van der Waals surface area contributed by atoms with Gasteiger partial charge in [-0.1, -0.05) is 20.8 Å². The van der Waals surface area contributed by atoms with Crippen LogP contribution >= 0.6 is 15.9 Å². The van der Waals surface area contributed by atoms with Gasteiger partial charge >= 0.3 is 0 Å². The third-order valence-corrected chi connectivity index (χ3v) is 3.11. The van der Waals surface area contributed by atoms with Crippen LogP contribution in [0, 0.1) is 0 Å². The van der Waals surface area contributed by atoms with Crippen molar-refractivity contribution < 1.29 is 9.47 Å². The molecule has 6 heteroatoms. The molecule has 0 bridgehead atoms. The van der Waals surface area contributed by atoms with E-state index in [1.807, 2.05) is 12.1 Å². The van der Waals surface area contributed by atoms with Crippen LogP contribution in [0.15, 0.2) is 29.0 Å². The van der Waals surface area contributed by atoms with Crippen molar-refractivity contribution in [3.05, 3.63) is 40.5 Å². The third kappa shape index (κ3) is 4.47. The van der Waals surface area contributed by atoms with Gasteiger partial charge in [-0.25, -0.2) is 9.97 Å². The molecule has 0 spiro atoms. The van der Waals surface area contributed by atoms with Crippen molar-refractivity contribution in [1.29, 1.82) is 0 Å². The smallest absolute Gasteiger partial charge is 0.222 e. The molecule has 2 heterocycles. The minimum Gasteiger partial charge on any atom is -0.437 e.